The predicted octanol–water partition coefficient (Wildman–Crippen LogP) is 4.42. The van der Waals surface area contributed by atoms with Crippen LogP contribution in [0.15, 0.2) is 40.2 Å². The molecule has 0 saturated carbocycles. The second-order valence-corrected chi connectivity index (χ2v) is 8.61. The molecule has 1 aromatic carbocycles. The van der Waals surface area contributed by atoms with Crippen LogP contribution < -0.4 is 0 Å². The van der Waals surface area contributed by atoms with E-state index in [0.29, 0.717) is 19.5 Å². The molecule has 26 heavy (non-hydrogen) atoms. The molecule has 8 heteroatoms. The summed E-state index contributed by atoms with van der Waals surface area (Å²) in [7, 11) is 0. The number of Topliss-reactive ketones (excluding diaryl/α,β-unsaturated/α-hetero) is 1. The van der Waals surface area contributed by atoms with Crippen molar-refractivity contribution in [2.45, 2.75) is 13.0 Å². The summed E-state index contributed by atoms with van der Waals surface area (Å²) in [6.45, 7) is 4.59. The Bertz CT molecular complexity index is 708. The zero-order chi connectivity index (χ0) is 16.9. The Hall–Kier alpha value is -0.500. The highest BCUT2D eigenvalue weighted by atomic mass is 79.9. The van der Waals surface area contributed by atoms with Gasteiger partial charge in [-0.25, -0.2) is 4.39 Å². The van der Waals surface area contributed by atoms with Crippen LogP contribution in [0.5, 0.6) is 0 Å². The van der Waals surface area contributed by atoms with E-state index in [1.807, 2.05) is 24.3 Å². The van der Waals surface area contributed by atoms with Crippen molar-refractivity contribution in [2.75, 3.05) is 32.7 Å². The number of piperazine rings is 1. The van der Waals surface area contributed by atoms with Gasteiger partial charge in [-0.05, 0) is 34.1 Å². The zero-order valence-corrected chi connectivity index (χ0v) is 18.2. The standard InChI is InChI=1S/C18H20BrFN2OS.2ClH/c19-18-6-5-16(24-18)11-15(23)13-22-9-7-21(8-10-22)12-14-3-1-2-4-17(14)20;;/h1-6H,7-13H2;2*1H. The molecule has 144 valence electrons. The third-order valence-corrected chi connectivity index (χ3v) is 5.84. The quantitative estimate of drug-likeness (QED) is 0.607. The summed E-state index contributed by atoms with van der Waals surface area (Å²) in [6.07, 6.45) is 0.506. The van der Waals surface area contributed by atoms with Crippen LogP contribution in [0.3, 0.4) is 0 Å². The van der Waals surface area contributed by atoms with Gasteiger partial charge in [-0.3, -0.25) is 14.6 Å². The fraction of sp³-hybridized carbons (Fsp3) is 0.389. The molecule has 0 radical (unpaired) electrons. The molecule has 0 bridgehead atoms. The van der Waals surface area contributed by atoms with Gasteiger partial charge in [-0.1, -0.05) is 18.2 Å². The molecule has 3 rings (SSSR count). The van der Waals surface area contributed by atoms with Crippen LogP contribution in [0.4, 0.5) is 4.39 Å². The number of rotatable bonds is 6. The summed E-state index contributed by atoms with van der Waals surface area (Å²) in [5.74, 6) is 0.115. The van der Waals surface area contributed by atoms with Crippen molar-refractivity contribution in [3.05, 3.63) is 56.4 Å². The Morgan fingerprint density at radius 1 is 1.04 bits per heavy atom. The highest BCUT2D eigenvalue weighted by molar-refractivity contribution is 9.11. The fourth-order valence-corrected chi connectivity index (χ4v) is 4.43. The van der Waals surface area contributed by atoms with Crippen LogP contribution in [0.2, 0.25) is 0 Å². The van der Waals surface area contributed by atoms with E-state index in [1.165, 1.54) is 6.07 Å². The summed E-state index contributed by atoms with van der Waals surface area (Å²) in [6, 6.07) is 10.9. The van der Waals surface area contributed by atoms with Crippen LogP contribution in [-0.2, 0) is 17.8 Å². The Balaban J connectivity index is 0.00000169. The predicted molar refractivity (Wildman–Crippen MR) is 113 cm³/mol. The fourth-order valence-electron chi connectivity index (χ4n) is 2.92. The third-order valence-electron chi connectivity index (χ3n) is 4.22. The average molecular weight is 484 g/mol. The average Bonchev–Trinajstić information content (AvgIpc) is 2.96. The van der Waals surface area contributed by atoms with Gasteiger partial charge < -0.3 is 0 Å². The first-order valence-electron chi connectivity index (χ1n) is 8.04. The number of ketones is 1. The van der Waals surface area contributed by atoms with E-state index in [4.69, 9.17) is 0 Å². The van der Waals surface area contributed by atoms with Crippen molar-refractivity contribution in [3.63, 3.8) is 0 Å². The number of thiophene rings is 1. The van der Waals surface area contributed by atoms with Gasteiger partial charge in [-0.15, -0.1) is 36.2 Å². The Morgan fingerprint density at radius 3 is 2.31 bits per heavy atom. The second kappa shape index (κ2) is 11.4. The maximum absolute atomic E-state index is 13.7. The summed E-state index contributed by atoms with van der Waals surface area (Å²) >= 11 is 5.04. The van der Waals surface area contributed by atoms with Crippen LogP contribution in [0.1, 0.15) is 10.4 Å². The summed E-state index contributed by atoms with van der Waals surface area (Å²) in [4.78, 5) is 17.7. The van der Waals surface area contributed by atoms with Gasteiger partial charge in [0, 0.05) is 49.6 Å². The van der Waals surface area contributed by atoms with E-state index in [-0.39, 0.29) is 36.4 Å². The van der Waals surface area contributed by atoms with Gasteiger partial charge in [0.15, 0.2) is 5.78 Å². The van der Waals surface area contributed by atoms with Crippen molar-refractivity contribution in [1.82, 2.24) is 9.80 Å². The van der Waals surface area contributed by atoms with E-state index in [1.54, 1.807) is 17.4 Å². The summed E-state index contributed by atoms with van der Waals surface area (Å²) in [5, 5.41) is 0. The first kappa shape index (κ1) is 23.5. The number of carbonyl (C=O) groups is 1. The molecule has 0 N–H and O–H groups in total. The van der Waals surface area contributed by atoms with Crippen molar-refractivity contribution >= 4 is 57.9 Å². The lowest BCUT2D eigenvalue weighted by molar-refractivity contribution is -0.119. The van der Waals surface area contributed by atoms with Gasteiger partial charge >= 0.3 is 0 Å². The monoisotopic (exact) mass is 482 g/mol. The molecule has 1 aliphatic heterocycles. The molecule has 2 aromatic rings. The minimum atomic E-state index is -0.141. The van der Waals surface area contributed by atoms with Crippen molar-refractivity contribution in [2.24, 2.45) is 0 Å². The molecule has 1 aromatic heterocycles. The van der Waals surface area contributed by atoms with Crippen LogP contribution in [0, 0.1) is 5.82 Å². The van der Waals surface area contributed by atoms with E-state index < -0.39 is 0 Å². The lowest BCUT2D eigenvalue weighted by atomic mass is 10.1. The normalized spacial score (nSPS) is 15.2. The largest absolute Gasteiger partial charge is 0.298 e. The van der Waals surface area contributed by atoms with Gasteiger partial charge in [0.2, 0.25) is 0 Å². The molecular weight excluding hydrogens is 462 g/mol. The number of hydrogen-bond donors (Lipinski definition) is 0. The molecule has 0 spiro atoms. The molecule has 1 fully saturated rings. The number of halogens is 4. The van der Waals surface area contributed by atoms with E-state index in [0.717, 1.165) is 40.4 Å². The van der Waals surface area contributed by atoms with E-state index in [9.17, 15) is 9.18 Å². The van der Waals surface area contributed by atoms with Crippen molar-refractivity contribution < 1.29 is 9.18 Å². The number of hydrogen-bond acceptors (Lipinski definition) is 4. The van der Waals surface area contributed by atoms with Crippen LogP contribution in [0.25, 0.3) is 0 Å². The number of carbonyl (C=O) groups excluding carboxylic acids is 1. The summed E-state index contributed by atoms with van der Waals surface area (Å²) in [5.41, 5.74) is 0.741. The number of nitrogens with zero attached hydrogens (tertiary/aromatic N) is 2. The molecule has 0 unspecified atom stereocenters. The topological polar surface area (TPSA) is 23.6 Å². The SMILES string of the molecule is Cl.Cl.O=C(Cc1ccc(Br)s1)CN1CCN(Cc2ccccc2F)CC1. The highest BCUT2D eigenvalue weighted by Crippen LogP contribution is 2.22. The third kappa shape index (κ3) is 6.91. The Morgan fingerprint density at radius 2 is 1.69 bits per heavy atom. The summed E-state index contributed by atoms with van der Waals surface area (Å²) < 4.78 is 14.8. The minimum Gasteiger partial charge on any atom is -0.298 e. The maximum atomic E-state index is 13.7. The van der Waals surface area contributed by atoms with Crippen molar-refractivity contribution in [3.8, 4) is 0 Å². The van der Waals surface area contributed by atoms with Gasteiger partial charge in [0.1, 0.15) is 5.82 Å². The molecule has 2 heterocycles. The Labute approximate surface area is 178 Å². The molecule has 0 atom stereocenters. The van der Waals surface area contributed by atoms with Gasteiger partial charge in [-0.2, -0.15) is 0 Å². The zero-order valence-electron chi connectivity index (χ0n) is 14.2. The molecule has 0 amide bonds. The lowest BCUT2D eigenvalue weighted by Crippen LogP contribution is -2.47. The molecule has 0 aliphatic carbocycles. The molecule has 3 nitrogen and oxygen atoms in total. The molecule has 1 saturated heterocycles. The van der Waals surface area contributed by atoms with Gasteiger partial charge in [0.05, 0.1) is 10.3 Å². The van der Waals surface area contributed by atoms with Crippen molar-refractivity contribution in [1.29, 1.82) is 0 Å². The van der Waals surface area contributed by atoms with Crippen LogP contribution in [-0.4, -0.2) is 48.3 Å². The first-order valence-corrected chi connectivity index (χ1v) is 9.65. The highest BCUT2D eigenvalue weighted by Gasteiger charge is 2.20. The minimum absolute atomic E-state index is 0. The Kier molecular flexibility index (Phi) is 10.3. The van der Waals surface area contributed by atoms with E-state index in [2.05, 4.69) is 25.7 Å². The van der Waals surface area contributed by atoms with Gasteiger partial charge in [0.25, 0.3) is 0 Å². The lowest BCUT2D eigenvalue weighted by Gasteiger charge is -2.34. The maximum Gasteiger partial charge on any atom is 0.152 e. The molecule has 1 aliphatic rings. The van der Waals surface area contributed by atoms with E-state index >= 15 is 0 Å². The first-order chi connectivity index (χ1) is 11.6. The second-order valence-electron chi connectivity index (χ2n) is 6.06. The smallest absolute Gasteiger partial charge is 0.152 e. The number of benzene rings is 1. The molecular formula is C18H22BrCl2FN2OS. The van der Waals surface area contributed by atoms with Crippen LogP contribution >= 0.6 is 52.1 Å².